The molecule has 1 unspecified atom stereocenters. The van der Waals surface area contributed by atoms with Gasteiger partial charge in [-0.2, -0.15) is 0 Å². The molecule has 0 spiro atoms. The fraction of sp³-hybridized carbons (Fsp3) is 0.500. The third-order valence-corrected chi connectivity index (χ3v) is 5.55. The molecule has 2 aromatic carbocycles. The molecule has 3 rings (SSSR count). The molecule has 0 radical (unpaired) electrons. The van der Waals surface area contributed by atoms with Crippen molar-refractivity contribution in [2.24, 2.45) is 5.92 Å². The minimum Gasteiger partial charge on any atom is -0.0804 e. The monoisotopic (exact) mass is 320 g/mol. The van der Waals surface area contributed by atoms with Crippen LogP contribution in [0.1, 0.15) is 76.3 Å². The number of allylic oxidation sites excluding steroid dienone is 2. The van der Waals surface area contributed by atoms with Crippen molar-refractivity contribution in [1.29, 1.82) is 0 Å². The number of fused-ring (bicyclic) bond motifs is 1. The van der Waals surface area contributed by atoms with Gasteiger partial charge in [0, 0.05) is 0 Å². The van der Waals surface area contributed by atoms with E-state index >= 15 is 0 Å². The molecular weight excluding hydrogens is 288 g/mol. The molecule has 128 valence electrons. The molecule has 1 aliphatic carbocycles. The molecule has 0 N–H and O–H groups in total. The van der Waals surface area contributed by atoms with E-state index in [9.17, 15) is 0 Å². The zero-order chi connectivity index (χ0) is 16.8. The lowest BCUT2D eigenvalue weighted by atomic mass is 9.83. The van der Waals surface area contributed by atoms with Crippen molar-refractivity contribution in [1.82, 2.24) is 0 Å². The van der Waals surface area contributed by atoms with Crippen LogP contribution in [0, 0.1) is 5.92 Å². The number of benzene rings is 2. The molecule has 0 heterocycles. The van der Waals surface area contributed by atoms with Gasteiger partial charge in [-0.3, -0.25) is 0 Å². The van der Waals surface area contributed by atoms with Gasteiger partial charge in [-0.05, 0) is 65.1 Å². The Morgan fingerprint density at radius 2 is 1.75 bits per heavy atom. The average Bonchev–Trinajstić information content (AvgIpc) is 2.62. The van der Waals surface area contributed by atoms with Gasteiger partial charge in [-0.1, -0.05) is 82.4 Å². The van der Waals surface area contributed by atoms with E-state index in [4.69, 9.17) is 0 Å². The molecule has 0 aliphatic heterocycles. The highest BCUT2D eigenvalue weighted by atomic mass is 14.2. The summed E-state index contributed by atoms with van der Waals surface area (Å²) in [5.41, 5.74) is 4.48. The number of unbranched alkanes of at least 4 members (excludes halogenated alkanes) is 2. The summed E-state index contributed by atoms with van der Waals surface area (Å²) < 4.78 is 0. The van der Waals surface area contributed by atoms with Crippen molar-refractivity contribution in [3.05, 3.63) is 53.6 Å². The number of hydrogen-bond donors (Lipinski definition) is 0. The summed E-state index contributed by atoms with van der Waals surface area (Å²) in [5, 5.41) is 2.77. The number of hydrogen-bond acceptors (Lipinski definition) is 0. The van der Waals surface area contributed by atoms with Gasteiger partial charge in [0.2, 0.25) is 0 Å². The molecule has 0 saturated heterocycles. The third-order valence-electron chi connectivity index (χ3n) is 5.55. The normalized spacial score (nSPS) is 17.9. The number of rotatable bonds is 7. The zero-order valence-corrected chi connectivity index (χ0v) is 15.5. The molecule has 0 fully saturated rings. The highest BCUT2D eigenvalue weighted by Crippen LogP contribution is 2.34. The van der Waals surface area contributed by atoms with Crippen LogP contribution in [-0.4, -0.2) is 0 Å². The first kappa shape index (κ1) is 17.3. The maximum absolute atomic E-state index is 2.52. The SMILES string of the molecule is CCCCCC1CC=C(c2ccc3cc(CCC)ccc3c2)CC1. The predicted molar refractivity (Wildman–Crippen MR) is 107 cm³/mol. The van der Waals surface area contributed by atoms with E-state index in [2.05, 4.69) is 56.3 Å². The summed E-state index contributed by atoms with van der Waals surface area (Å²) in [5.74, 6) is 0.928. The molecule has 1 aliphatic rings. The van der Waals surface area contributed by atoms with Crippen LogP contribution < -0.4 is 0 Å². The second kappa shape index (κ2) is 8.51. The fourth-order valence-electron chi connectivity index (χ4n) is 4.03. The van der Waals surface area contributed by atoms with E-state index in [0.717, 1.165) is 5.92 Å². The van der Waals surface area contributed by atoms with E-state index in [1.807, 2.05) is 0 Å². The summed E-state index contributed by atoms with van der Waals surface area (Å²) >= 11 is 0. The average molecular weight is 321 g/mol. The summed E-state index contributed by atoms with van der Waals surface area (Å²) in [6.45, 7) is 4.54. The minimum atomic E-state index is 0.928. The Hall–Kier alpha value is -1.56. The molecule has 1 atom stereocenters. The van der Waals surface area contributed by atoms with Crippen molar-refractivity contribution >= 4 is 16.3 Å². The Morgan fingerprint density at radius 1 is 0.917 bits per heavy atom. The Bertz CT molecular complexity index is 692. The molecule has 0 saturated carbocycles. The van der Waals surface area contributed by atoms with Gasteiger partial charge >= 0.3 is 0 Å². The zero-order valence-electron chi connectivity index (χ0n) is 15.5. The van der Waals surface area contributed by atoms with E-state index in [1.165, 1.54) is 79.7 Å². The van der Waals surface area contributed by atoms with Gasteiger partial charge in [-0.25, -0.2) is 0 Å². The van der Waals surface area contributed by atoms with Crippen molar-refractivity contribution in [3.8, 4) is 0 Å². The van der Waals surface area contributed by atoms with E-state index in [1.54, 1.807) is 5.57 Å². The Morgan fingerprint density at radius 3 is 2.50 bits per heavy atom. The van der Waals surface area contributed by atoms with Gasteiger partial charge < -0.3 is 0 Å². The summed E-state index contributed by atoms with van der Waals surface area (Å²) in [6.07, 6.45) is 14.4. The summed E-state index contributed by atoms with van der Waals surface area (Å²) in [4.78, 5) is 0. The maximum atomic E-state index is 2.52. The molecular formula is C24H32. The van der Waals surface area contributed by atoms with Gasteiger partial charge in [-0.15, -0.1) is 0 Å². The lowest BCUT2D eigenvalue weighted by Crippen LogP contribution is -2.05. The van der Waals surface area contributed by atoms with Crippen LogP contribution in [-0.2, 0) is 6.42 Å². The summed E-state index contributed by atoms with van der Waals surface area (Å²) in [6, 6.07) is 14.0. The van der Waals surface area contributed by atoms with Crippen LogP contribution in [0.5, 0.6) is 0 Å². The van der Waals surface area contributed by atoms with Crippen LogP contribution >= 0.6 is 0 Å². The van der Waals surface area contributed by atoms with Crippen molar-refractivity contribution in [2.75, 3.05) is 0 Å². The van der Waals surface area contributed by atoms with Crippen LogP contribution in [0.15, 0.2) is 42.5 Å². The van der Waals surface area contributed by atoms with Gasteiger partial charge in [0.25, 0.3) is 0 Å². The highest BCUT2D eigenvalue weighted by molar-refractivity contribution is 5.87. The lowest BCUT2D eigenvalue weighted by Gasteiger charge is -2.22. The van der Waals surface area contributed by atoms with Gasteiger partial charge in [0.1, 0.15) is 0 Å². The summed E-state index contributed by atoms with van der Waals surface area (Å²) in [7, 11) is 0. The second-order valence-corrected chi connectivity index (χ2v) is 7.51. The van der Waals surface area contributed by atoms with Crippen LogP contribution in [0.25, 0.3) is 16.3 Å². The minimum absolute atomic E-state index is 0.928. The third kappa shape index (κ3) is 4.29. The lowest BCUT2D eigenvalue weighted by molar-refractivity contribution is 0.428. The molecule has 0 aromatic heterocycles. The molecule has 0 nitrogen and oxygen atoms in total. The van der Waals surface area contributed by atoms with Crippen molar-refractivity contribution in [3.63, 3.8) is 0 Å². The molecule has 2 aromatic rings. The Labute approximate surface area is 148 Å². The second-order valence-electron chi connectivity index (χ2n) is 7.51. The topological polar surface area (TPSA) is 0 Å². The van der Waals surface area contributed by atoms with Crippen LogP contribution in [0.3, 0.4) is 0 Å². The van der Waals surface area contributed by atoms with Crippen molar-refractivity contribution in [2.45, 2.75) is 71.6 Å². The first-order valence-corrected chi connectivity index (χ1v) is 10.0. The molecule has 0 heteroatoms. The molecule has 24 heavy (non-hydrogen) atoms. The largest absolute Gasteiger partial charge is 0.0804 e. The van der Waals surface area contributed by atoms with Crippen LogP contribution in [0.2, 0.25) is 0 Å². The van der Waals surface area contributed by atoms with E-state index in [-0.39, 0.29) is 0 Å². The smallest absolute Gasteiger partial charge is 0.0178 e. The maximum Gasteiger partial charge on any atom is -0.0178 e. The Balaban J connectivity index is 1.70. The van der Waals surface area contributed by atoms with Gasteiger partial charge in [0.15, 0.2) is 0 Å². The van der Waals surface area contributed by atoms with E-state index in [0.29, 0.717) is 0 Å². The standard InChI is InChI=1S/C24H32/c1-3-5-6-8-19-9-12-21(13-10-19)23-16-15-22-17-20(7-4-2)11-14-24(22)18-23/h11-12,14-19H,3-10,13H2,1-2H3. The van der Waals surface area contributed by atoms with E-state index < -0.39 is 0 Å². The highest BCUT2D eigenvalue weighted by Gasteiger charge is 2.15. The predicted octanol–water partition coefficient (Wildman–Crippen LogP) is 7.56. The van der Waals surface area contributed by atoms with Crippen molar-refractivity contribution < 1.29 is 0 Å². The number of aryl methyl sites for hydroxylation is 1. The first-order valence-electron chi connectivity index (χ1n) is 10.0. The fourth-order valence-corrected chi connectivity index (χ4v) is 4.03. The van der Waals surface area contributed by atoms with Gasteiger partial charge in [0.05, 0.1) is 0 Å². The molecule has 0 amide bonds. The quantitative estimate of drug-likeness (QED) is 0.462. The van der Waals surface area contributed by atoms with Crippen LogP contribution in [0.4, 0.5) is 0 Å². The Kier molecular flexibility index (Phi) is 6.12. The molecule has 0 bridgehead atoms. The first-order chi connectivity index (χ1) is 11.8.